The Morgan fingerprint density at radius 1 is 1.25 bits per heavy atom. The number of nitrogens with one attached hydrogen (secondary N) is 1. The molecule has 0 unspecified atom stereocenters. The predicted octanol–water partition coefficient (Wildman–Crippen LogP) is 3.70. The number of anilines is 1. The van der Waals surface area contributed by atoms with Crippen LogP contribution in [-0.2, 0) is 4.79 Å². The Morgan fingerprint density at radius 2 is 2.00 bits per heavy atom. The molecule has 7 heteroatoms. The van der Waals surface area contributed by atoms with Crippen molar-refractivity contribution in [2.75, 3.05) is 18.6 Å². The minimum Gasteiger partial charge on any atom is -0.493 e. The molecule has 1 heterocycles. The van der Waals surface area contributed by atoms with E-state index in [1.165, 1.54) is 0 Å². The van der Waals surface area contributed by atoms with Gasteiger partial charge in [-0.05, 0) is 43.2 Å². The molecule has 3 rings (SSSR count). The molecule has 0 aromatic heterocycles. The normalized spacial score (nSPS) is 16.5. The Balaban J connectivity index is 2.16. The SMILES string of the molecule is CCOc1ccc([C@H]2NC(=O)C(C#N)=C(S)N2c2ccccc2C)cc1OC. The van der Waals surface area contributed by atoms with E-state index >= 15 is 0 Å². The molecule has 0 saturated heterocycles. The number of hydrogen-bond acceptors (Lipinski definition) is 6. The van der Waals surface area contributed by atoms with E-state index in [1.807, 2.05) is 67.3 Å². The number of para-hydroxylation sites is 1. The van der Waals surface area contributed by atoms with Crippen LogP contribution in [-0.4, -0.2) is 19.6 Å². The maximum Gasteiger partial charge on any atom is 0.266 e. The third-order valence-electron chi connectivity index (χ3n) is 4.49. The van der Waals surface area contributed by atoms with Gasteiger partial charge >= 0.3 is 0 Å². The highest BCUT2D eigenvalue weighted by Gasteiger charge is 2.34. The summed E-state index contributed by atoms with van der Waals surface area (Å²) in [5.41, 5.74) is 2.59. The molecule has 1 amide bonds. The van der Waals surface area contributed by atoms with Crippen LogP contribution in [0.3, 0.4) is 0 Å². The zero-order valence-corrected chi connectivity index (χ0v) is 16.8. The lowest BCUT2D eigenvalue weighted by Crippen LogP contribution is -2.46. The molecule has 0 bridgehead atoms. The van der Waals surface area contributed by atoms with Gasteiger partial charge in [-0.3, -0.25) is 4.79 Å². The van der Waals surface area contributed by atoms with Gasteiger partial charge < -0.3 is 19.7 Å². The van der Waals surface area contributed by atoms with Gasteiger partial charge in [0.25, 0.3) is 5.91 Å². The molecule has 0 aliphatic carbocycles. The summed E-state index contributed by atoms with van der Waals surface area (Å²) in [5, 5.41) is 12.6. The third-order valence-corrected chi connectivity index (χ3v) is 4.93. The average Bonchev–Trinajstić information content (AvgIpc) is 2.69. The van der Waals surface area contributed by atoms with Crippen molar-refractivity contribution in [1.29, 1.82) is 5.26 Å². The molecule has 2 aromatic carbocycles. The van der Waals surface area contributed by atoms with E-state index in [4.69, 9.17) is 9.47 Å². The Kier molecular flexibility index (Phi) is 5.81. The molecule has 1 aliphatic rings. The Hall–Kier alpha value is -3.11. The summed E-state index contributed by atoms with van der Waals surface area (Å²) in [7, 11) is 1.57. The molecular weight excluding hydrogens is 374 g/mol. The van der Waals surface area contributed by atoms with E-state index in [0.717, 1.165) is 16.8 Å². The number of methoxy groups -OCH3 is 1. The van der Waals surface area contributed by atoms with Gasteiger partial charge in [0.15, 0.2) is 11.5 Å². The Labute approximate surface area is 169 Å². The maximum absolute atomic E-state index is 12.5. The smallest absolute Gasteiger partial charge is 0.266 e. The number of thiol groups is 1. The number of amides is 1. The molecule has 6 nitrogen and oxygen atoms in total. The van der Waals surface area contributed by atoms with Crippen molar-refractivity contribution in [3.05, 3.63) is 64.2 Å². The van der Waals surface area contributed by atoms with Crippen molar-refractivity contribution in [3.8, 4) is 17.6 Å². The quantitative estimate of drug-likeness (QED) is 0.755. The van der Waals surface area contributed by atoms with Crippen LogP contribution in [0.5, 0.6) is 11.5 Å². The summed E-state index contributed by atoms with van der Waals surface area (Å²) in [6, 6.07) is 15.2. The highest BCUT2D eigenvalue weighted by molar-refractivity contribution is 7.84. The number of carbonyl (C=O) groups excluding carboxylic acids is 1. The highest BCUT2D eigenvalue weighted by atomic mass is 32.1. The fourth-order valence-electron chi connectivity index (χ4n) is 3.15. The van der Waals surface area contributed by atoms with E-state index in [-0.39, 0.29) is 5.57 Å². The first kappa shape index (κ1) is 19.6. The highest BCUT2D eigenvalue weighted by Crippen LogP contribution is 2.39. The second-order valence-corrected chi connectivity index (χ2v) is 6.61. The molecule has 2 aromatic rings. The number of carbonyl (C=O) groups is 1. The first-order valence-electron chi connectivity index (χ1n) is 8.81. The first-order valence-corrected chi connectivity index (χ1v) is 9.26. The minimum absolute atomic E-state index is 0.0271. The van der Waals surface area contributed by atoms with Crippen molar-refractivity contribution in [1.82, 2.24) is 5.32 Å². The topological polar surface area (TPSA) is 74.6 Å². The molecule has 28 heavy (non-hydrogen) atoms. The molecule has 0 radical (unpaired) electrons. The fourth-order valence-corrected chi connectivity index (χ4v) is 3.53. The van der Waals surface area contributed by atoms with E-state index in [9.17, 15) is 10.1 Å². The van der Waals surface area contributed by atoms with Crippen molar-refractivity contribution in [2.45, 2.75) is 20.0 Å². The zero-order chi connectivity index (χ0) is 20.3. The van der Waals surface area contributed by atoms with E-state index in [1.54, 1.807) is 7.11 Å². The van der Waals surface area contributed by atoms with Crippen molar-refractivity contribution in [2.24, 2.45) is 0 Å². The molecule has 1 aliphatic heterocycles. The van der Waals surface area contributed by atoms with Gasteiger partial charge in [0.1, 0.15) is 17.8 Å². The van der Waals surface area contributed by atoms with Crippen LogP contribution in [0, 0.1) is 18.3 Å². The zero-order valence-electron chi connectivity index (χ0n) is 15.9. The monoisotopic (exact) mass is 395 g/mol. The second-order valence-electron chi connectivity index (χ2n) is 6.19. The predicted molar refractivity (Wildman–Crippen MR) is 110 cm³/mol. The number of hydrogen-bond donors (Lipinski definition) is 2. The van der Waals surface area contributed by atoms with Crippen LogP contribution < -0.4 is 19.7 Å². The van der Waals surface area contributed by atoms with E-state index in [0.29, 0.717) is 23.1 Å². The van der Waals surface area contributed by atoms with Crippen LogP contribution in [0.1, 0.15) is 24.2 Å². The average molecular weight is 395 g/mol. The van der Waals surface area contributed by atoms with Gasteiger partial charge in [0, 0.05) is 5.69 Å². The lowest BCUT2D eigenvalue weighted by Gasteiger charge is -2.38. The van der Waals surface area contributed by atoms with Crippen LogP contribution in [0.2, 0.25) is 0 Å². The maximum atomic E-state index is 12.5. The van der Waals surface area contributed by atoms with Crippen molar-refractivity contribution in [3.63, 3.8) is 0 Å². The molecule has 0 spiro atoms. The number of ether oxygens (including phenoxy) is 2. The van der Waals surface area contributed by atoms with Crippen molar-refractivity contribution < 1.29 is 14.3 Å². The van der Waals surface area contributed by atoms with Gasteiger partial charge in [-0.2, -0.15) is 5.26 Å². The molecule has 0 saturated carbocycles. The first-order chi connectivity index (χ1) is 13.5. The number of nitrogens with zero attached hydrogens (tertiary/aromatic N) is 2. The van der Waals surface area contributed by atoms with Crippen molar-refractivity contribution >= 4 is 24.2 Å². The Bertz CT molecular complexity index is 981. The summed E-state index contributed by atoms with van der Waals surface area (Å²) in [5.74, 6) is 0.724. The van der Waals surface area contributed by atoms with Gasteiger partial charge in [-0.15, -0.1) is 12.6 Å². The second kappa shape index (κ2) is 8.28. The number of benzene rings is 2. The molecule has 1 N–H and O–H groups in total. The van der Waals surface area contributed by atoms with E-state index < -0.39 is 12.1 Å². The minimum atomic E-state index is -0.553. The van der Waals surface area contributed by atoms with Gasteiger partial charge in [0.05, 0.1) is 18.7 Å². The van der Waals surface area contributed by atoms with Gasteiger partial charge in [-0.1, -0.05) is 24.3 Å². The summed E-state index contributed by atoms with van der Waals surface area (Å²) < 4.78 is 11.0. The summed E-state index contributed by atoms with van der Waals surface area (Å²) >= 11 is 4.53. The summed E-state index contributed by atoms with van der Waals surface area (Å²) in [4.78, 5) is 14.3. The van der Waals surface area contributed by atoms with Crippen LogP contribution in [0.15, 0.2) is 53.1 Å². The summed E-state index contributed by atoms with van der Waals surface area (Å²) in [6.45, 7) is 4.38. The van der Waals surface area contributed by atoms with Gasteiger partial charge in [0.2, 0.25) is 0 Å². The van der Waals surface area contributed by atoms with Crippen LogP contribution >= 0.6 is 12.6 Å². The number of rotatable bonds is 5. The number of nitriles is 1. The van der Waals surface area contributed by atoms with Gasteiger partial charge in [-0.25, -0.2) is 0 Å². The third kappa shape index (κ3) is 3.51. The summed E-state index contributed by atoms with van der Waals surface area (Å²) in [6.07, 6.45) is -0.553. The standard InChI is InChI=1S/C21H21N3O3S/c1-4-27-17-10-9-14(11-18(17)26-3)19-23-20(25)15(12-22)21(28)24(19)16-8-6-5-7-13(16)2/h5-11,19,28H,4H2,1-3H3,(H,23,25)/t19-/m0/s1. The molecule has 1 atom stereocenters. The largest absolute Gasteiger partial charge is 0.493 e. The van der Waals surface area contributed by atoms with Crippen LogP contribution in [0.4, 0.5) is 5.69 Å². The lowest BCUT2D eigenvalue weighted by atomic mass is 10.0. The lowest BCUT2D eigenvalue weighted by molar-refractivity contribution is -0.118. The molecular formula is C21H21N3O3S. The molecule has 0 fully saturated rings. The van der Waals surface area contributed by atoms with Crippen LogP contribution in [0.25, 0.3) is 0 Å². The van der Waals surface area contributed by atoms with E-state index in [2.05, 4.69) is 17.9 Å². The number of aryl methyl sites for hydroxylation is 1. The molecule has 144 valence electrons. The Morgan fingerprint density at radius 3 is 2.64 bits per heavy atom. The fraction of sp³-hybridized carbons (Fsp3) is 0.238.